The van der Waals surface area contributed by atoms with Crippen molar-refractivity contribution in [1.82, 2.24) is 4.90 Å². The average molecular weight is 392 g/mol. The zero-order valence-electron chi connectivity index (χ0n) is 14.6. The quantitative estimate of drug-likeness (QED) is 0.514. The van der Waals surface area contributed by atoms with E-state index in [1.807, 2.05) is 0 Å². The molecule has 142 valence electrons. The van der Waals surface area contributed by atoms with Crippen LogP contribution in [0.5, 0.6) is 5.75 Å². The van der Waals surface area contributed by atoms with Crippen molar-refractivity contribution >= 4 is 30.5 Å². The van der Waals surface area contributed by atoms with E-state index in [2.05, 4.69) is 0 Å². The van der Waals surface area contributed by atoms with E-state index in [0.29, 0.717) is 28.1 Å². The summed E-state index contributed by atoms with van der Waals surface area (Å²) in [5.41, 5.74) is 1.65. The molecule has 1 aromatic rings. The van der Waals surface area contributed by atoms with Crippen LogP contribution in [0.4, 0.5) is 0 Å². The van der Waals surface area contributed by atoms with E-state index in [0.717, 1.165) is 4.90 Å². The minimum atomic E-state index is -1.30. The molecule has 2 saturated heterocycles. The number of carbonyl (C=O) groups excluding carboxylic acids is 2. The van der Waals surface area contributed by atoms with Gasteiger partial charge in [0.2, 0.25) is 11.8 Å². The third-order valence-electron chi connectivity index (χ3n) is 5.95. The normalized spacial score (nSPS) is 30.7. The molecule has 0 radical (unpaired) electrons. The number of allylic oxidation sites excluding steroid dienone is 1. The predicted octanol–water partition coefficient (Wildman–Crippen LogP) is 1.07. The Morgan fingerprint density at radius 3 is 2.70 bits per heavy atom. The van der Waals surface area contributed by atoms with Crippen LogP contribution in [0.25, 0.3) is 0 Å². The molecule has 4 rings (SSSR count). The van der Waals surface area contributed by atoms with Crippen molar-refractivity contribution in [3.05, 3.63) is 39.8 Å². The number of hydrogen-bond acceptors (Lipinski definition) is 6. The van der Waals surface area contributed by atoms with Crippen molar-refractivity contribution in [2.45, 2.75) is 18.9 Å². The smallest absolute Gasteiger partial charge is 0.487 e. The van der Waals surface area contributed by atoms with Gasteiger partial charge in [0.15, 0.2) is 0 Å². The summed E-state index contributed by atoms with van der Waals surface area (Å²) in [6.07, 6.45) is -0.0177. The number of imide groups is 1. The van der Waals surface area contributed by atoms with Gasteiger partial charge in [-0.1, -0.05) is 17.7 Å². The van der Waals surface area contributed by atoms with Crippen LogP contribution in [-0.4, -0.2) is 52.7 Å². The molecule has 0 saturated carbocycles. The number of aromatic hydroxyl groups is 1. The summed E-state index contributed by atoms with van der Waals surface area (Å²) < 4.78 is 5.74. The van der Waals surface area contributed by atoms with E-state index in [9.17, 15) is 24.8 Å². The molecule has 0 spiro atoms. The molecular formula is C18H19BClNO6. The maximum Gasteiger partial charge on any atom is 0.487 e. The Balaban J connectivity index is 1.76. The molecule has 2 fully saturated rings. The van der Waals surface area contributed by atoms with Crippen molar-refractivity contribution in [1.29, 1.82) is 0 Å². The largest absolute Gasteiger partial charge is 0.508 e. The van der Waals surface area contributed by atoms with Crippen LogP contribution in [0.2, 0.25) is 5.02 Å². The zero-order chi connectivity index (χ0) is 19.5. The van der Waals surface area contributed by atoms with Crippen molar-refractivity contribution < 1.29 is 29.5 Å². The molecular weight excluding hydrogens is 372 g/mol. The number of amides is 2. The fourth-order valence-corrected chi connectivity index (χ4v) is 4.99. The molecule has 4 atom stereocenters. The Hall–Kier alpha value is -1.87. The lowest BCUT2D eigenvalue weighted by molar-refractivity contribution is -0.138. The number of phenols is 1. The third kappa shape index (κ3) is 2.79. The average Bonchev–Trinajstić information content (AvgIpc) is 2.85. The highest BCUT2D eigenvalue weighted by molar-refractivity contribution is 6.53. The van der Waals surface area contributed by atoms with E-state index in [-0.39, 0.29) is 30.6 Å². The summed E-state index contributed by atoms with van der Waals surface area (Å²) in [4.78, 5) is 26.3. The van der Waals surface area contributed by atoms with Gasteiger partial charge in [-0.15, -0.1) is 0 Å². The summed E-state index contributed by atoms with van der Waals surface area (Å²) >= 11 is 6.23. The van der Waals surface area contributed by atoms with Crippen LogP contribution < -0.4 is 0 Å². The summed E-state index contributed by atoms with van der Waals surface area (Å²) in [6, 6.07) is 4.48. The van der Waals surface area contributed by atoms with Crippen LogP contribution in [0.15, 0.2) is 29.2 Å². The summed E-state index contributed by atoms with van der Waals surface area (Å²) in [5, 5.41) is 30.2. The number of aliphatic hydroxyl groups is 1. The van der Waals surface area contributed by atoms with Gasteiger partial charge in [0.25, 0.3) is 0 Å². The first kappa shape index (κ1) is 18.5. The summed E-state index contributed by atoms with van der Waals surface area (Å²) in [5.74, 6) is -2.04. The second-order valence-electron chi connectivity index (χ2n) is 7.31. The number of hydrogen-bond donors (Lipinski definition) is 3. The number of likely N-dealkylation sites (tertiary alicyclic amines) is 1. The Morgan fingerprint density at radius 2 is 2.04 bits per heavy atom. The first-order valence-corrected chi connectivity index (χ1v) is 9.17. The monoisotopic (exact) mass is 391 g/mol. The molecule has 1 aromatic carbocycles. The standard InChI is InChI=1S/C18H19BClNO6/c1-21-17(24)12-4-8(7-22)16-11(15(12)18(21)25)6-14(27-19(16)26)10-3-2-9(23)5-13(10)20/h2-3,5,11-12,14-15,22-23,26H,4,6-7H2,1H3/t11-,12-,14-,15+/m0/s1. The number of fused-ring (bicyclic) bond motifs is 3. The van der Waals surface area contributed by atoms with Gasteiger partial charge in [-0.3, -0.25) is 14.5 Å². The van der Waals surface area contributed by atoms with Crippen molar-refractivity contribution in [3.63, 3.8) is 0 Å². The van der Waals surface area contributed by atoms with Gasteiger partial charge >= 0.3 is 7.12 Å². The third-order valence-corrected chi connectivity index (χ3v) is 6.28. The summed E-state index contributed by atoms with van der Waals surface area (Å²) in [6.45, 7) is -0.300. The van der Waals surface area contributed by atoms with Gasteiger partial charge < -0.3 is 19.9 Å². The Labute approximate surface area is 161 Å². The van der Waals surface area contributed by atoms with E-state index >= 15 is 0 Å². The van der Waals surface area contributed by atoms with Gasteiger partial charge in [-0.25, -0.2) is 0 Å². The van der Waals surface area contributed by atoms with Crippen molar-refractivity contribution in [2.75, 3.05) is 13.7 Å². The van der Waals surface area contributed by atoms with Crippen LogP contribution in [-0.2, 0) is 14.2 Å². The fraction of sp³-hybridized carbons (Fsp3) is 0.444. The molecule has 2 aliphatic heterocycles. The fourth-order valence-electron chi connectivity index (χ4n) is 4.69. The molecule has 27 heavy (non-hydrogen) atoms. The maximum atomic E-state index is 12.7. The number of aliphatic hydroxyl groups excluding tert-OH is 1. The number of phenolic OH excluding ortho intramolecular Hbond substituents is 1. The maximum absolute atomic E-state index is 12.7. The molecule has 9 heteroatoms. The highest BCUT2D eigenvalue weighted by Crippen LogP contribution is 2.51. The van der Waals surface area contributed by atoms with Crippen LogP contribution in [0.1, 0.15) is 24.5 Å². The molecule has 1 aliphatic carbocycles. The first-order chi connectivity index (χ1) is 12.8. The van der Waals surface area contributed by atoms with Gasteiger partial charge in [-0.2, -0.15) is 0 Å². The van der Waals surface area contributed by atoms with Gasteiger partial charge in [0.05, 0.1) is 24.5 Å². The van der Waals surface area contributed by atoms with Crippen LogP contribution >= 0.6 is 11.6 Å². The van der Waals surface area contributed by atoms with E-state index in [4.69, 9.17) is 16.3 Å². The van der Waals surface area contributed by atoms with Crippen molar-refractivity contribution in [3.8, 4) is 5.75 Å². The van der Waals surface area contributed by atoms with Crippen molar-refractivity contribution in [2.24, 2.45) is 17.8 Å². The molecule has 7 nitrogen and oxygen atoms in total. The molecule has 3 N–H and O–H groups in total. The predicted molar refractivity (Wildman–Crippen MR) is 96.5 cm³/mol. The molecule has 0 bridgehead atoms. The lowest BCUT2D eigenvalue weighted by Gasteiger charge is -2.42. The highest BCUT2D eigenvalue weighted by Gasteiger charge is 2.57. The highest BCUT2D eigenvalue weighted by atomic mass is 35.5. The SMILES string of the molecule is CN1C(=O)[C@H]2[C@H](CC(CO)=C3B(O)O[C@H](c4ccc(O)cc4Cl)C[C@H]32)C1=O. The van der Waals surface area contributed by atoms with Gasteiger partial charge in [0, 0.05) is 12.1 Å². The van der Waals surface area contributed by atoms with E-state index < -0.39 is 31.0 Å². The minimum Gasteiger partial charge on any atom is -0.508 e. The number of carbonyl (C=O) groups is 2. The number of benzene rings is 1. The first-order valence-electron chi connectivity index (χ1n) is 8.79. The van der Waals surface area contributed by atoms with Gasteiger partial charge in [0.1, 0.15) is 5.75 Å². The second kappa shape index (κ2) is 6.63. The molecule has 2 amide bonds. The minimum absolute atomic E-state index is 0.0131. The Kier molecular flexibility index (Phi) is 4.54. The zero-order valence-corrected chi connectivity index (χ0v) is 15.4. The summed E-state index contributed by atoms with van der Waals surface area (Å²) in [7, 11) is 0.168. The number of rotatable bonds is 2. The van der Waals surface area contributed by atoms with E-state index in [1.165, 1.54) is 19.2 Å². The topological polar surface area (TPSA) is 107 Å². The Bertz CT molecular complexity index is 858. The molecule has 0 aromatic heterocycles. The van der Waals surface area contributed by atoms with Gasteiger partial charge in [-0.05, 0) is 47.5 Å². The molecule has 0 unspecified atom stereocenters. The lowest BCUT2D eigenvalue weighted by Crippen LogP contribution is -2.45. The number of nitrogens with zero attached hydrogens (tertiary/aromatic N) is 1. The molecule has 3 aliphatic rings. The molecule has 2 heterocycles. The number of halogens is 1. The lowest BCUT2D eigenvalue weighted by atomic mass is 9.55. The Morgan fingerprint density at radius 1 is 1.30 bits per heavy atom. The second-order valence-corrected chi connectivity index (χ2v) is 7.72. The van der Waals surface area contributed by atoms with Crippen LogP contribution in [0.3, 0.4) is 0 Å². The van der Waals surface area contributed by atoms with Crippen LogP contribution in [0, 0.1) is 17.8 Å². The van der Waals surface area contributed by atoms with E-state index in [1.54, 1.807) is 6.07 Å².